The van der Waals surface area contributed by atoms with Crippen LogP contribution in [0.3, 0.4) is 0 Å². The molecule has 632 valence electrons. The van der Waals surface area contributed by atoms with Gasteiger partial charge >= 0.3 is 39.5 Å². The molecule has 0 aliphatic heterocycles. The molecule has 19 heteroatoms. The van der Waals surface area contributed by atoms with E-state index in [9.17, 15) is 43.2 Å². The van der Waals surface area contributed by atoms with Crippen LogP contribution in [0.2, 0.25) is 0 Å². The molecule has 0 aromatic carbocycles. The first-order chi connectivity index (χ1) is 52.1. The normalized spacial score (nSPS) is 14.1. The van der Waals surface area contributed by atoms with Crippen LogP contribution in [0.4, 0.5) is 0 Å². The fourth-order valence-corrected chi connectivity index (χ4v) is 14.8. The third kappa shape index (κ3) is 80.0. The number of aliphatic hydroxyl groups is 1. The van der Waals surface area contributed by atoms with Gasteiger partial charge in [0, 0.05) is 25.7 Å². The molecule has 0 aromatic heterocycles. The zero-order valence-corrected chi connectivity index (χ0v) is 71.6. The first-order valence-electron chi connectivity index (χ1n) is 45.0. The summed E-state index contributed by atoms with van der Waals surface area (Å²) in [7, 11) is -9.94. The molecule has 0 fully saturated rings. The van der Waals surface area contributed by atoms with Crippen LogP contribution >= 0.6 is 15.6 Å². The Morgan fingerprint density at radius 2 is 0.523 bits per heavy atom. The second kappa shape index (κ2) is 80.2. The molecule has 0 aliphatic carbocycles. The van der Waals surface area contributed by atoms with Crippen molar-refractivity contribution in [2.75, 3.05) is 39.6 Å². The summed E-state index contributed by atoms with van der Waals surface area (Å²) in [6, 6.07) is 0. The highest BCUT2D eigenvalue weighted by Gasteiger charge is 2.30. The van der Waals surface area contributed by atoms with Gasteiger partial charge in [-0.1, -0.05) is 399 Å². The molecule has 0 spiro atoms. The number of carbonyl (C=O) groups excluding carboxylic acids is 4. The number of unbranched alkanes of at least 4 members (excludes halogenated alkanes) is 54. The lowest BCUT2D eigenvalue weighted by molar-refractivity contribution is -0.161. The second-order valence-corrected chi connectivity index (χ2v) is 34.1. The zero-order valence-electron chi connectivity index (χ0n) is 69.8. The van der Waals surface area contributed by atoms with Crippen LogP contribution < -0.4 is 0 Å². The van der Waals surface area contributed by atoms with Gasteiger partial charge in [0.1, 0.15) is 19.3 Å². The van der Waals surface area contributed by atoms with Gasteiger partial charge in [0.05, 0.1) is 26.4 Å². The number of esters is 4. The Bertz CT molecular complexity index is 2130. The van der Waals surface area contributed by atoms with Gasteiger partial charge in [-0.25, -0.2) is 9.13 Å². The minimum Gasteiger partial charge on any atom is -0.462 e. The summed E-state index contributed by atoms with van der Waals surface area (Å²) in [6.07, 6.45) is 77.4. The van der Waals surface area contributed by atoms with Gasteiger partial charge in [-0.2, -0.15) is 0 Å². The van der Waals surface area contributed by atoms with Gasteiger partial charge in [0.2, 0.25) is 0 Å². The van der Waals surface area contributed by atoms with Crippen LogP contribution in [0.5, 0.6) is 0 Å². The van der Waals surface area contributed by atoms with Crippen LogP contribution in [0, 0.1) is 5.92 Å². The van der Waals surface area contributed by atoms with E-state index in [0.29, 0.717) is 25.7 Å². The van der Waals surface area contributed by atoms with Crippen LogP contribution in [0.1, 0.15) is 452 Å². The van der Waals surface area contributed by atoms with Gasteiger partial charge < -0.3 is 33.8 Å². The Labute approximate surface area is 656 Å². The summed E-state index contributed by atoms with van der Waals surface area (Å²) in [6.45, 7) is 7.34. The number of hydrogen-bond acceptors (Lipinski definition) is 15. The Hall–Kier alpha value is -2.46. The van der Waals surface area contributed by atoms with Crippen LogP contribution in [-0.4, -0.2) is 96.7 Å². The van der Waals surface area contributed by atoms with Crippen LogP contribution in [-0.2, 0) is 65.4 Å². The number of aliphatic hydroxyl groups excluding tert-OH is 1. The Morgan fingerprint density at radius 1 is 0.299 bits per heavy atom. The SMILES string of the molecule is CCCCCC/C=C\C=C/CCCCCCCC(=O)O[C@H](COC(=O)CCCCCCCCCC)COP(=O)(O)OC[C@H](O)COP(=O)(O)OC[C@@H](COC(=O)CCCCCCCCCCCCCCCCCCCCCCCC)OC(=O)CCCCCCCCCCCCCCCCCCCCC(C)CC. The first-order valence-corrected chi connectivity index (χ1v) is 48.0. The average Bonchev–Trinajstić information content (AvgIpc) is 0.901. The quantitative estimate of drug-likeness (QED) is 0.0169. The molecule has 0 aromatic rings. The molecule has 0 radical (unpaired) electrons. The van der Waals surface area contributed by atoms with E-state index in [4.69, 9.17) is 37.0 Å². The molecule has 17 nitrogen and oxygen atoms in total. The maximum Gasteiger partial charge on any atom is 0.472 e. The zero-order chi connectivity index (χ0) is 78.3. The third-order valence-electron chi connectivity index (χ3n) is 20.5. The summed E-state index contributed by atoms with van der Waals surface area (Å²) < 4.78 is 68.8. The summed E-state index contributed by atoms with van der Waals surface area (Å²) in [5.41, 5.74) is 0. The van der Waals surface area contributed by atoms with Crippen molar-refractivity contribution in [3.8, 4) is 0 Å². The van der Waals surface area contributed by atoms with Crippen molar-refractivity contribution in [3.05, 3.63) is 24.3 Å². The van der Waals surface area contributed by atoms with Crippen molar-refractivity contribution in [1.82, 2.24) is 0 Å². The molecule has 6 atom stereocenters. The molecule has 107 heavy (non-hydrogen) atoms. The molecule has 0 saturated carbocycles. The highest BCUT2D eigenvalue weighted by molar-refractivity contribution is 7.47. The van der Waals surface area contributed by atoms with Gasteiger partial charge in [0.15, 0.2) is 12.2 Å². The Kier molecular flexibility index (Phi) is 78.3. The predicted molar refractivity (Wildman–Crippen MR) is 441 cm³/mol. The molecule has 0 rings (SSSR count). The summed E-state index contributed by atoms with van der Waals surface area (Å²) in [5.74, 6) is -1.26. The molecule has 3 N–H and O–H groups in total. The first kappa shape index (κ1) is 105. The molecule has 0 amide bonds. The second-order valence-electron chi connectivity index (χ2n) is 31.2. The predicted octanol–water partition coefficient (Wildman–Crippen LogP) is 26.7. The van der Waals surface area contributed by atoms with Gasteiger partial charge in [0.25, 0.3) is 0 Å². The highest BCUT2D eigenvalue weighted by atomic mass is 31.2. The van der Waals surface area contributed by atoms with Gasteiger partial charge in [-0.15, -0.1) is 0 Å². The maximum atomic E-state index is 13.2. The topological polar surface area (TPSA) is 237 Å². The van der Waals surface area contributed by atoms with Gasteiger partial charge in [-0.3, -0.25) is 37.3 Å². The van der Waals surface area contributed by atoms with Crippen molar-refractivity contribution in [1.29, 1.82) is 0 Å². The third-order valence-corrected chi connectivity index (χ3v) is 22.4. The van der Waals surface area contributed by atoms with Crippen molar-refractivity contribution in [2.45, 2.75) is 470 Å². The molecular weight excluding hydrogens is 1390 g/mol. The van der Waals surface area contributed by atoms with Crippen molar-refractivity contribution < 1.29 is 80.2 Å². The summed E-state index contributed by atoms with van der Waals surface area (Å²) >= 11 is 0. The monoisotopic (exact) mass is 1560 g/mol. The van der Waals surface area contributed by atoms with E-state index in [2.05, 4.69) is 58.9 Å². The molecular formula is C88H168O17P2. The largest absolute Gasteiger partial charge is 0.472 e. The standard InChI is InChI=1S/C88H168O17P2/c1-6-10-13-16-19-22-24-26-28-29-30-31-32-33-37-41-44-48-52-57-62-67-72-86(91)99-78-84(105-88(93)74-69-64-59-54-50-46-42-38-35-34-36-40-43-47-51-55-60-65-70-81(5)9-4)80-103-107(96,97)101-76-82(89)75-100-106(94,95)102-79-83(77-98-85(90)71-66-61-56-21-18-15-12-8-3)104-87(92)73-68-63-58-53-49-45-39-27-25-23-20-17-14-11-7-2/h23,25,27,39,81-84,89H,6-22,24,26,28-38,40-80H2,1-5H3,(H,94,95)(H,96,97)/b25-23-,39-27-/t81?,82-,83+,84+/m0/s1. The molecule has 0 aliphatic rings. The fourth-order valence-electron chi connectivity index (χ4n) is 13.3. The Morgan fingerprint density at radius 3 is 0.794 bits per heavy atom. The molecule has 0 saturated heterocycles. The van der Waals surface area contributed by atoms with E-state index in [1.54, 1.807) is 0 Å². The van der Waals surface area contributed by atoms with Crippen molar-refractivity contribution >= 4 is 39.5 Å². The number of hydrogen-bond donors (Lipinski definition) is 3. The van der Waals surface area contributed by atoms with E-state index in [1.807, 2.05) is 0 Å². The lowest BCUT2D eigenvalue weighted by Gasteiger charge is -2.21. The smallest absolute Gasteiger partial charge is 0.462 e. The van der Waals surface area contributed by atoms with Crippen molar-refractivity contribution in [3.63, 3.8) is 0 Å². The van der Waals surface area contributed by atoms with E-state index in [0.717, 1.165) is 115 Å². The maximum absolute atomic E-state index is 13.2. The van der Waals surface area contributed by atoms with E-state index < -0.39 is 97.5 Å². The van der Waals surface area contributed by atoms with Gasteiger partial charge in [-0.05, 0) is 57.3 Å². The minimum absolute atomic E-state index is 0.0854. The number of allylic oxidation sites excluding steroid dienone is 4. The number of phosphoric acid groups is 2. The molecule has 3 unspecified atom stereocenters. The van der Waals surface area contributed by atoms with E-state index in [-0.39, 0.29) is 25.7 Å². The molecule has 0 heterocycles. The van der Waals surface area contributed by atoms with E-state index in [1.165, 1.54) is 257 Å². The Balaban J connectivity index is 5.19. The lowest BCUT2D eigenvalue weighted by Crippen LogP contribution is -2.30. The summed E-state index contributed by atoms with van der Waals surface area (Å²) in [5, 5.41) is 10.7. The molecule has 0 bridgehead atoms. The number of phosphoric ester groups is 2. The average molecular weight is 1560 g/mol. The summed E-state index contributed by atoms with van der Waals surface area (Å²) in [4.78, 5) is 73.1. The fraction of sp³-hybridized carbons (Fsp3) is 0.909. The highest BCUT2D eigenvalue weighted by Crippen LogP contribution is 2.45. The number of ether oxygens (including phenoxy) is 4. The minimum atomic E-state index is -4.97. The lowest BCUT2D eigenvalue weighted by atomic mass is 9.99. The van der Waals surface area contributed by atoms with Crippen LogP contribution in [0.25, 0.3) is 0 Å². The number of carbonyl (C=O) groups is 4. The van der Waals surface area contributed by atoms with E-state index >= 15 is 0 Å². The van der Waals surface area contributed by atoms with Crippen LogP contribution in [0.15, 0.2) is 24.3 Å². The number of rotatable bonds is 86. The van der Waals surface area contributed by atoms with Crippen molar-refractivity contribution in [2.24, 2.45) is 5.92 Å².